The fourth-order valence-electron chi connectivity index (χ4n) is 1.19. The van der Waals surface area contributed by atoms with Gasteiger partial charge in [0, 0.05) is 18.2 Å². The third-order valence-corrected chi connectivity index (χ3v) is 2.29. The number of ether oxygens (including phenoxy) is 3. The van der Waals surface area contributed by atoms with E-state index < -0.39 is 11.5 Å². The number of hydrogen-bond donors (Lipinski definition) is 1. The lowest BCUT2D eigenvalue weighted by Crippen LogP contribution is -2.43. The minimum Gasteiger partial charge on any atom is -0.496 e. The Hall–Kier alpha value is -1.91. The third-order valence-electron chi connectivity index (χ3n) is 2.29. The fraction of sp³-hybridized carbons (Fsp3) is 0.417. The van der Waals surface area contributed by atoms with Gasteiger partial charge in [-0.2, -0.15) is 0 Å². The van der Waals surface area contributed by atoms with Crippen LogP contribution in [0.3, 0.4) is 0 Å². The van der Waals surface area contributed by atoms with Gasteiger partial charge in [0.25, 0.3) is 5.91 Å². The molecule has 0 saturated heterocycles. The Morgan fingerprint density at radius 2 is 1.47 bits per heavy atom. The normalized spacial score (nSPS) is 10.8. The van der Waals surface area contributed by atoms with Gasteiger partial charge in [-0.25, -0.2) is 0 Å². The molecule has 0 fully saturated rings. The maximum atomic E-state index is 11.2. The van der Waals surface area contributed by atoms with Gasteiger partial charge < -0.3 is 19.9 Å². The van der Waals surface area contributed by atoms with E-state index in [4.69, 9.17) is 19.9 Å². The van der Waals surface area contributed by atoms with Crippen LogP contribution in [-0.4, -0.2) is 25.7 Å². The van der Waals surface area contributed by atoms with Crippen LogP contribution in [0.15, 0.2) is 18.2 Å². The van der Waals surface area contributed by atoms with Crippen molar-refractivity contribution in [1.82, 2.24) is 0 Å². The van der Waals surface area contributed by atoms with Gasteiger partial charge in [-0.05, 0) is 13.8 Å². The van der Waals surface area contributed by atoms with Crippen molar-refractivity contribution in [1.29, 1.82) is 0 Å². The second-order valence-electron chi connectivity index (χ2n) is 4.02. The zero-order valence-electron chi connectivity index (χ0n) is 10.4. The number of hydrogen-bond acceptors (Lipinski definition) is 4. The van der Waals surface area contributed by atoms with Crippen LogP contribution in [0.25, 0.3) is 0 Å². The Balaban J connectivity index is 3.02. The molecule has 17 heavy (non-hydrogen) atoms. The van der Waals surface area contributed by atoms with Crippen LogP contribution in [0.5, 0.6) is 17.2 Å². The Morgan fingerprint density at radius 1 is 1.06 bits per heavy atom. The minimum atomic E-state index is -1.09. The van der Waals surface area contributed by atoms with Gasteiger partial charge in [0.1, 0.15) is 17.2 Å². The number of methoxy groups -OCH3 is 2. The van der Waals surface area contributed by atoms with Gasteiger partial charge in [0.05, 0.1) is 14.2 Å². The molecule has 5 heteroatoms. The largest absolute Gasteiger partial charge is 0.496 e. The predicted octanol–water partition coefficient (Wildman–Crippen LogP) is 1.35. The number of carbonyl (C=O) groups is 1. The molecule has 0 unspecified atom stereocenters. The molecule has 0 aliphatic carbocycles. The first-order valence-corrected chi connectivity index (χ1v) is 5.11. The monoisotopic (exact) mass is 239 g/mol. The summed E-state index contributed by atoms with van der Waals surface area (Å²) < 4.78 is 15.7. The highest BCUT2D eigenvalue weighted by molar-refractivity contribution is 5.82. The quantitative estimate of drug-likeness (QED) is 0.841. The fourth-order valence-corrected chi connectivity index (χ4v) is 1.19. The molecule has 0 aliphatic heterocycles. The molecular formula is C12H17NO4. The Morgan fingerprint density at radius 3 is 1.82 bits per heavy atom. The first-order chi connectivity index (χ1) is 7.89. The second-order valence-corrected chi connectivity index (χ2v) is 4.02. The molecule has 0 aromatic heterocycles. The highest BCUT2D eigenvalue weighted by atomic mass is 16.5. The molecular weight excluding hydrogens is 222 g/mol. The maximum Gasteiger partial charge on any atom is 0.261 e. The molecule has 0 heterocycles. The predicted molar refractivity (Wildman–Crippen MR) is 63.4 cm³/mol. The summed E-state index contributed by atoms with van der Waals surface area (Å²) in [6.07, 6.45) is 0. The van der Waals surface area contributed by atoms with Crippen molar-refractivity contribution >= 4 is 5.91 Å². The molecule has 1 aromatic rings. The summed E-state index contributed by atoms with van der Waals surface area (Å²) in [5.74, 6) is 1.09. The van der Waals surface area contributed by atoms with E-state index in [9.17, 15) is 4.79 Å². The average molecular weight is 239 g/mol. The summed E-state index contributed by atoms with van der Waals surface area (Å²) in [4.78, 5) is 11.2. The molecule has 0 spiro atoms. The molecule has 0 atom stereocenters. The van der Waals surface area contributed by atoms with E-state index in [0.29, 0.717) is 17.2 Å². The van der Waals surface area contributed by atoms with Gasteiger partial charge in [0.15, 0.2) is 5.60 Å². The molecule has 94 valence electrons. The molecule has 0 bridgehead atoms. The Labute approximate surface area is 100 Å². The molecule has 0 aliphatic rings. The highest BCUT2D eigenvalue weighted by Gasteiger charge is 2.27. The summed E-state index contributed by atoms with van der Waals surface area (Å²) in [7, 11) is 3.08. The first kappa shape index (κ1) is 13.2. The highest BCUT2D eigenvalue weighted by Crippen LogP contribution is 2.29. The van der Waals surface area contributed by atoms with Crippen LogP contribution >= 0.6 is 0 Å². The third kappa shape index (κ3) is 3.27. The lowest BCUT2D eigenvalue weighted by Gasteiger charge is -2.23. The van der Waals surface area contributed by atoms with Crippen LogP contribution < -0.4 is 19.9 Å². The topological polar surface area (TPSA) is 70.8 Å². The molecule has 2 N–H and O–H groups in total. The van der Waals surface area contributed by atoms with E-state index in [1.807, 2.05) is 0 Å². The molecule has 0 radical (unpaired) electrons. The van der Waals surface area contributed by atoms with Crippen LogP contribution in [-0.2, 0) is 4.79 Å². The molecule has 1 aromatic carbocycles. The average Bonchev–Trinajstić information content (AvgIpc) is 2.27. The molecule has 1 amide bonds. The van der Waals surface area contributed by atoms with Crippen molar-refractivity contribution in [3.8, 4) is 17.2 Å². The van der Waals surface area contributed by atoms with Gasteiger partial charge in [-0.15, -0.1) is 0 Å². The lowest BCUT2D eigenvalue weighted by molar-refractivity contribution is -0.130. The zero-order chi connectivity index (χ0) is 13.1. The summed E-state index contributed by atoms with van der Waals surface area (Å²) in [6, 6.07) is 5.03. The van der Waals surface area contributed by atoms with E-state index in [-0.39, 0.29) is 0 Å². The molecule has 1 rings (SSSR count). The number of amides is 1. The van der Waals surface area contributed by atoms with E-state index in [2.05, 4.69) is 0 Å². The van der Waals surface area contributed by atoms with Crippen LogP contribution in [0.1, 0.15) is 13.8 Å². The van der Waals surface area contributed by atoms with E-state index >= 15 is 0 Å². The first-order valence-electron chi connectivity index (χ1n) is 5.11. The van der Waals surface area contributed by atoms with E-state index in [0.717, 1.165) is 0 Å². The number of primary amides is 1. The van der Waals surface area contributed by atoms with Crippen molar-refractivity contribution in [2.24, 2.45) is 5.73 Å². The van der Waals surface area contributed by atoms with E-state index in [1.165, 1.54) is 14.2 Å². The number of benzene rings is 1. The van der Waals surface area contributed by atoms with Crippen LogP contribution in [0.4, 0.5) is 0 Å². The standard InChI is InChI=1S/C12H17NO4/c1-12(2,11(13)14)17-10-6-8(15-3)5-9(7-10)16-4/h5-7H,1-4H3,(H2,13,14). The number of rotatable bonds is 5. The maximum absolute atomic E-state index is 11.2. The molecule has 0 saturated carbocycles. The summed E-state index contributed by atoms with van der Waals surface area (Å²) in [6.45, 7) is 3.20. The van der Waals surface area contributed by atoms with Gasteiger partial charge in [0.2, 0.25) is 0 Å². The van der Waals surface area contributed by atoms with Gasteiger partial charge in [-0.1, -0.05) is 0 Å². The van der Waals surface area contributed by atoms with Crippen molar-refractivity contribution in [2.75, 3.05) is 14.2 Å². The van der Waals surface area contributed by atoms with Crippen LogP contribution in [0.2, 0.25) is 0 Å². The second kappa shape index (κ2) is 4.95. The van der Waals surface area contributed by atoms with Crippen molar-refractivity contribution in [2.45, 2.75) is 19.4 Å². The smallest absolute Gasteiger partial charge is 0.261 e. The Bertz CT molecular complexity index is 393. The van der Waals surface area contributed by atoms with Crippen molar-refractivity contribution in [3.63, 3.8) is 0 Å². The van der Waals surface area contributed by atoms with Crippen LogP contribution in [0, 0.1) is 0 Å². The van der Waals surface area contributed by atoms with Gasteiger partial charge >= 0.3 is 0 Å². The molecule has 5 nitrogen and oxygen atoms in total. The Kier molecular flexibility index (Phi) is 3.83. The number of nitrogens with two attached hydrogens (primary N) is 1. The zero-order valence-corrected chi connectivity index (χ0v) is 10.4. The summed E-state index contributed by atoms with van der Waals surface area (Å²) in [5.41, 5.74) is 4.15. The minimum absolute atomic E-state index is 0.463. The van der Waals surface area contributed by atoms with E-state index in [1.54, 1.807) is 32.0 Å². The number of carbonyl (C=O) groups excluding carboxylic acids is 1. The van der Waals surface area contributed by atoms with Crippen molar-refractivity contribution in [3.05, 3.63) is 18.2 Å². The lowest BCUT2D eigenvalue weighted by atomic mass is 10.1. The van der Waals surface area contributed by atoms with Gasteiger partial charge in [-0.3, -0.25) is 4.79 Å². The summed E-state index contributed by atoms with van der Waals surface area (Å²) in [5, 5.41) is 0. The van der Waals surface area contributed by atoms with Crippen molar-refractivity contribution < 1.29 is 19.0 Å². The SMILES string of the molecule is COc1cc(OC)cc(OC(C)(C)C(N)=O)c1. The summed E-state index contributed by atoms with van der Waals surface area (Å²) >= 11 is 0.